The van der Waals surface area contributed by atoms with E-state index in [-0.39, 0.29) is 6.61 Å². The molecule has 0 aliphatic heterocycles. The number of hydrogen-bond acceptors (Lipinski definition) is 7. The van der Waals surface area contributed by atoms with Crippen molar-refractivity contribution in [3.8, 4) is 34.0 Å². The first-order valence-electron chi connectivity index (χ1n) is 9.95. The van der Waals surface area contributed by atoms with E-state index in [9.17, 15) is 5.11 Å². The molecule has 0 radical (unpaired) electrons. The van der Waals surface area contributed by atoms with E-state index in [0.29, 0.717) is 28.4 Å². The molecule has 0 spiro atoms. The Labute approximate surface area is 181 Å². The molecular formula is C22H17N9O. The number of nitrogens with zero attached hydrogens (tertiary/aromatic N) is 7. The van der Waals surface area contributed by atoms with Crippen LogP contribution in [0.15, 0.2) is 55.1 Å². The van der Waals surface area contributed by atoms with Gasteiger partial charge in [0.15, 0.2) is 11.5 Å². The zero-order chi connectivity index (χ0) is 21.7. The van der Waals surface area contributed by atoms with E-state index in [1.807, 2.05) is 43.6 Å². The van der Waals surface area contributed by atoms with Gasteiger partial charge in [0.2, 0.25) is 0 Å². The molecule has 6 aromatic rings. The summed E-state index contributed by atoms with van der Waals surface area (Å²) in [6.07, 6.45) is 7.05. The fraction of sp³-hybridized carbons (Fsp3) is 0.0909. The Kier molecular flexibility index (Phi) is 4.05. The van der Waals surface area contributed by atoms with Gasteiger partial charge in [-0.25, -0.2) is 9.97 Å². The maximum atomic E-state index is 9.65. The average Bonchev–Trinajstić information content (AvgIpc) is 3.54. The van der Waals surface area contributed by atoms with Crippen molar-refractivity contribution >= 4 is 22.1 Å². The Morgan fingerprint density at radius 2 is 1.78 bits per heavy atom. The third kappa shape index (κ3) is 2.85. The first-order valence-corrected chi connectivity index (χ1v) is 9.95. The van der Waals surface area contributed by atoms with Gasteiger partial charge in [-0.05, 0) is 30.3 Å². The summed E-state index contributed by atoms with van der Waals surface area (Å²) in [5, 5.41) is 21.4. The molecule has 0 aliphatic rings. The first kappa shape index (κ1) is 18.3. The van der Waals surface area contributed by atoms with Crippen molar-refractivity contribution in [3.05, 3.63) is 60.8 Å². The molecule has 10 heteroatoms. The summed E-state index contributed by atoms with van der Waals surface area (Å²) in [5.41, 5.74) is 7.41. The van der Waals surface area contributed by atoms with Gasteiger partial charge in [0, 0.05) is 43.0 Å². The Bertz CT molecular complexity index is 1580. The van der Waals surface area contributed by atoms with Crippen molar-refractivity contribution in [1.29, 1.82) is 0 Å². The molecule has 10 nitrogen and oxygen atoms in total. The molecule has 0 atom stereocenters. The second-order valence-electron chi connectivity index (χ2n) is 7.36. The number of H-pyrrole nitrogens is 2. The molecule has 0 unspecified atom stereocenters. The number of imidazole rings is 1. The SMILES string of the molecule is Cn1cc(-c2ccc3[nH]nc(-c4nc5c(-c6ccncc6)nccc5[nH]4)c3n2)c(CO)n1. The van der Waals surface area contributed by atoms with E-state index < -0.39 is 0 Å². The summed E-state index contributed by atoms with van der Waals surface area (Å²) in [5.74, 6) is 0.591. The van der Waals surface area contributed by atoms with Crippen LogP contribution in [0, 0.1) is 0 Å². The van der Waals surface area contributed by atoms with E-state index >= 15 is 0 Å². The Balaban J connectivity index is 1.51. The number of pyridine rings is 3. The number of aromatic amines is 2. The highest BCUT2D eigenvalue weighted by molar-refractivity contribution is 5.95. The summed E-state index contributed by atoms with van der Waals surface area (Å²) < 4.78 is 1.66. The van der Waals surface area contributed by atoms with Gasteiger partial charge in [-0.3, -0.25) is 19.7 Å². The number of aryl methyl sites for hydroxylation is 1. The predicted octanol–water partition coefficient (Wildman–Crippen LogP) is 2.85. The molecule has 0 saturated heterocycles. The number of rotatable bonds is 4. The number of aliphatic hydroxyl groups is 1. The minimum Gasteiger partial charge on any atom is -0.390 e. The van der Waals surface area contributed by atoms with Gasteiger partial charge in [0.05, 0.1) is 34.7 Å². The Morgan fingerprint density at radius 3 is 2.62 bits per heavy atom. The highest BCUT2D eigenvalue weighted by atomic mass is 16.3. The molecule has 0 aromatic carbocycles. The monoisotopic (exact) mass is 423 g/mol. The fourth-order valence-electron chi connectivity index (χ4n) is 3.85. The van der Waals surface area contributed by atoms with Crippen LogP contribution in [0.25, 0.3) is 56.1 Å². The second-order valence-corrected chi connectivity index (χ2v) is 7.36. The molecule has 6 rings (SSSR count). The van der Waals surface area contributed by atoms with Gasteiger partial charge < -0.3 is 10.1 Å². The van der Waals surface area contributed by atoms with Crippen LogP contribution < -0.4 is 0 Å². The minimum absolute atomic E-state index is 0.164. The molecule has 0 amide bonds. The molecule has 156 valence electrons. The molecule has 6 heterocycles. The van der Waals surface area contributed by atoms with Crippen LogP contribution >= 0.6 is 0 Å². The minimum atomic E-state index is -0.164. The Morgan fingerprint density at radius 1 is 0.938 bits per heavy atom. The van der Waals surface area contributed by atoms with Crippen molar-refractivity contribution in [2.45, 2.75) is 6.61 Å². The van der Waals surface area contributed by atoms with Gasteiger partial charge in [0.1, 0.15) is 11.0 Å². The third-order valence-electron chi connectivity index (χ3n) is 5.32. The lowest BCUT2D eigenvalue weighted by molar-refractivity contribution is 0.276. The molecule has 6 aromatic heterocycles. The highest BCUT2D eigenvalue weighted by Gasteiger charge is 2.18. The summed E-state index contributed by atoms with van der Waals surface area (Å²) in [7, 11) is 1.81. The maximum absolute atomic E-state index is 9.65. The second kappa shape index (κ2) is 7.06. The van der Waals surface area contributed by atoms with Crippen molar-refractivity contribution in [2.75, 3.05) is 0 Å². The van der Waals surface area contributed by atoms with Crippen LogP contribution in [0.2, 0.25) is 0 Å². The molecule has 0 saturated carbocycles. The van der Waals surface area contributed by atoms with Gasteiger partial charge in [-0.1, -0.05) is 0 Å². The fourth-order valence-corrected chi connectivity index (χ4v) is 3.85. The van der Waals surface area contributed by atoms with Crippen LogP contribution in [0.5, 0.6) is 0 Å². The lowest BCUT2D eigenvalue weighted by atomic mass is 10.1. The number of aromatic nitrogens is 9. The third-order valence-corrected chi connectivity index (χ3v) is 5.32. The molecule has 0 fully saturated rings. The van der Waals surface area contributed by atoms with Crippen molar-refractivity contribution < 1.29 is 5.11 Å². The van der Waals surface area contributed by atoms with E-state index in [4.69, 9.17) is 9.97 Å². The van der Waals surface area contributed by atoms with Crippen LogP contribution in [-0.4, -0.2) is 50.0 Å². The summed E-state index contributed by atoms with van der Waals surface area (Å²) in [4.78, 5) is 21.6. The van der Waals surface area contributed by atoms with Crippen molar-refractivity contribution in [2.24, 2.45) is 7.05 Å². The van der Waals surface area contributed by atoms with Crippen molar-refractivity contribution in [1.82, 2.24) is 44.9 Å². The predicted molar refractivity (Wildman–Crippen MR) is 118 cm³/mol. The van der Waals surface area contributed by atoms with Crippen LogP contribution in [0.3, 0.4) is 0 Å². The van der Waals surface area contributed by atoms with Gasteiger partial charge in [-0.15, -0.1) is 0 Å². The standard InChI is InChI=1S/C22H17N9O/c1-31-10-13(17(11-32)30-31)14-2-3-16-20(25-14)21(29-28-16)22-26-15-6-9-24-18(19(15)27-22)12-4-7-23-8-5-12/h2-10,32H,11H2,1H3,(H,26,27)(H,28,29). The highest BCUT2D eigenvalue weighted by Crippen LogP contribution is 2.31. The van der Waals surface area contributed by atoms with E-state index in [2.05, 4.69) is 30.2 Å². The lowest BCUT2D eigenvalue weighted by Crippen LogP contribution is -1.92. The Hall–Kier alpha value is -4.44. The summed E-state index contributed by atoms with van der Waals surface area (Å²) in [6, 6.07) is 9.48. The van der Waals surface area contributed by atoms with Crippen molar-refractivity contribution in [3.63, 3.8) is 0 Å². The lowest BCUT2D eigenvalue weighted by Gasteiger charge is -2.00. The summed E-state index contributed by atoms with van der Waals surface area (Å²) >= 11 is 0. The van der Waals surface area contributed by atoms with Crippen LogP contribution in [0.4, 0.5) is 0 Å². The largest absolute Gasteiger partial charge is 0.390 e. The molecular weight excluding hydrogens is 406 g/mol. The zero-order valence-electron chi connectivity index (χ0n) is 17.0. The van der Waals surface area contributed by atoms with E-state index in [0.717, 1.165) is 33.4 Å². The first-order chi connectivity index (χ1) is 15.7. The maximum Gasteiger partial charge on any atom is 0.161 e. The topological polar surface area (TPSA) is 134 Å². The van der Waals surface area contributed by atoms with Gasteiger partial charge >= 0.3 is 0 Å². The normalized spacial score (nSPS) is 11.6. The number of hydrogen-bond donors (Lipinski definition) is 3. The van der Waals surface area contributed by atoms with E-state index in [1.54, 1.807) is 23.3 Å². The molecule has 3 N–H and O–H groups in total. The molecule has 0 bridgehead atoms. The van der Waals surface area contributed by atoms with Gasteiger partial charge in [-0.2, -0.15) is 10.2 Å². The average molecular weight is 423 g/mol. The zero-order valence-corrected chi connectivity index (χ0v) is 17.0. The quantitative estimate of drug-likeness (QED) is 0.397. The number of nitrogens with one attached hydrogen (secondary N) is 2. The smallest absolute Gasteiger partial charge is 0.161 e. The number of fused-ring (bicyclic) bond motifs is 2. The molecule has 32 heavy (non-hydrogen) atoms. The van der Waals surface area contributed by atoms with Crippen LogP contribution in [-0.2, 0) is 13.7 Å². The number of aliphatic hydroxyl groups excluding tert-OH is 1. The molecule has 0 aliphatic carbocycles. The van der Waals surface area contributed by atoms with Gasteiger partial charge in [0.25, 0.3) is 0 Å². The van der Waals surface area contributed by atoms with Crippen LogP contribution in [0.1, 0.15) is 5.69 Å². The summed E-state index contributed by atoms with van der Waals surface area (Å²) in [6.45, 7) is -0.164. The van der Waals surface area contributed by atoms with E-state index in [1.165, 1.54) is 0 Å².